The first kappa shape index (κ1) is 29.1. The highest BCUT2D eigenvalue weighted by atomic mass is 14.3. The van der Waals surface area contributed by atoms with Crippen LogP contribution in [-0.2, 0) is 0 Å². The molecule has 0 bridgehead atoms. The number of rotatable bonds is 2. The van der Waals surface area contributed by atoms with Crippen LogP contribution < -0.4 is 0 Å². The number of nitriles is 2. The van der Waals surface area contributed by atoms with Crippen LogP contribution in [0, 0.1) is 22.7 Å². The van der Waals surface area contributed by atoms with Gasteiger partial charge in [-0.1, -0.05) is 109 Å². The van der Waals surface area contributed by atoms with Gasteiger partial charge in [-0.05, 0) is 168 Å². The quantitative estimate of drug-likeness (QED) is 0.171. The maximum Gasteiger partial charge on any atom is 0.0991 e. The number of fused-ring (bicyclic) bond motifs is 11. The smallest absolute Gasteiger partial charge is 0.0991 e. The topological polar surface area (TPSA) is 47.6 Å². The van der Waals surface area contributed by atoms with E-state index in [-0.39, 0.29) is 0 Å². The highest BCUT2D eigenvalue weighted by Crippen LogP contribution is 2.54. The van der Waals surface area contributed by atoms with Crippen molar-refractivity contribution in [2.75, 3.05) is 0 Å². The van der Waals surface area contributed by atoms with Gasteiger partial charge in [0, 0.05) is 0 Å². The fourth-order valence-electron chi connectivity index (χ4n) is 9.71. The van der Waals surface area contributed by atoms with E-state index in [1.54, 1.807) is 0 Å². The normalized spacial score (nSPS) is 12.0. The Morgan fingerprint density at radius 2 is 0.685 bits per heavy atom. The molecule has 0 aliphatic carbocycles. The van der Waals surface area contributed by atoms with Crippen LogP contribution in [0.15, 0.2) is 158 Å². The van der Waals surface area contributed by atoms with Gasteiger partial charge in [-0.25, -0.2) is 0 Å². The van der Waals surface area contributed by atoms with Gasteiger partial charge in [-0.2, -0.15) is 10.5 Å². The van der Waals surface area contributed by atoms with Crippen LogP contribution in [0.25, 0.3) is 119 Å². The van der Waals surface area contributed by atoms with Crippen molar-refractivity contribution in [3.05, 3.63) is 169 Å². The minimum absolute atomic E-state index is 0.639. The lowest BCUT2D eigenvalue weighted by molar-refractivity contribution is 1.48. The summed E-state index contributed by atoms with van der Waals surface area (Å²) in [4.78, 5) is 0. The van der Waals surface area contributed by atoms with Crippen LogP contribution in [-0.4, -0.2) is 0 Å². The second-order valence-electron chi connectivity index (χ2n) is 14.6. The maximum atomic E-state index is 9.81. The Kier molecular flexibility index (Phi) is 5.67. The Bertz CT molecular complexity index is 3650. The van der Waals surface area contributed by atoms with Gasteiger partial charge in [0.25, 0.3) is 0 Å². The standard InChI is InChI=1S/C52H26N2/c53-27-29-15-19-31(20-16-29)47-45-26-42-41(39-13-5-11-37-35-9-3-1-7-33(35)23-43(42)49(37)39)25-44(45)48(32-21-17-30(28-54)18-22-32)52-46-24-34-8-2-4-10-36(34)38-12-6-14-40(50(38)46)51(47)52/h1-26H. The summed E-state index contributed by atoms with van der Waals surface area (Å²) in [5.74, 6) is 0. The minimum atomic E-state index is 0.639. The lowest BCUT2D eigenvalue weighted by Gasteiger charge is -2.17. The molecule has 0 unspecified atom stereocenters. The van der Waals surface area contributed by atoms with Gasteiger partial charge in [-0.15, -0.1) is 0 Å². The lowest BCUT2D eigenvalue weighted by atomic mass is 9.85. The summed E-state index contributed by atoms with van der Waals surface area (Å²) >= 11 is 0. The third-order valence-electron chi connectivity index (χ3n) is 11.9. The van der Waals surface area contributed by atoms with Gasteiger partial charge in [0.2, 0.25) is 0 Å². The Balaban J connectivity index is 1.39. The van der Waals surface area contributed by atoms with Crippen LogP contribution in [0.4, 0.5) is 0 Å². The fourth-order valence-corrected chi connectivity index (χ4v) is 9.71. The first-order valence-electron chi connectivity index (χ1n) is 18.3. The van der Waals surface area contributed by atoms with Crippen LogP contribution in [0.1, 0.15) is 11.1 Å². The van der Waals surface area contributed by atoms with E-state index in [1.165, 1.54) is 108 Å². The molecule has 2 nitrogen and oxygen atoms in total. The van der Waals surface area contributed by atoms with Gasteiger partial charge in [-0.3, -0.25) is 0 Å². The Hall–Kier alpha value is -7.52. The molecule has 12 aromatic carbocycles. The zero-order valence-electron chi connectivity index (χ0n) is 28.9. The summed E-state index contributed by atoms with van der Waals surface area (Å²) in [7, 11) is 0. The summed E-state index contributed by atoms with van der Waals surface area (Å²) < 4.78 is 0. The van der Waals surface area contributed by atoms with Crippen molar-refractivity contribution >= 4 is 97.0 Å². The van der Waals surface area contributed by atoms with Crippen molar-refractivity contribution < 1.29 is 0 Å². The van der Waals surface area contributed by atoms with Gasteiger partial charge in [0.1, 0.15) is 0 Å². The summed E-state index contributed by atoms with van der Waals surface area (Å²) in [5.41, 5.74) is 5.78. The molecule has 0 spiro atoms. The molecule has 0 heterocycles. The van der Waals surface area contributed by atoms with E-state index in [4.69, 9.17) is 0 Å². The minimum Gasteiger partial charge on any atom is -0.192 e. The molecule has 0 aliphatic rings. The molecule has 0 radical (unpaired) electrons. The zero-order valence-corrected chi connectivity index (χ0v) is 28.9. The van der Waals surface area contributed by atoms with E-state index in [0.717, 1.165) is 11.1 Å². The molecule has 0 amide bonds. The Morgan fingerprint density at radius 3 is 1.22 bits per heavy atom. The molecule has 0 atom stereocenters. The lowest BCUT2D eigenvalue weighted by Crippen LogP contribution is -1.90. The van der Waals surface area contributed by atoms with Gasteiger partial charge in [0.05, 0.1) is 23.3 Å². The van der Waals surface area contributed by atoms with Gasteiger partial charge < -0.3 is 0 Å². The van der Waals surface area contributed by atoms with Crippen LogP contribution in [0.2, 0.25) is 0 Å². The number of hydrogen-bond acceptors (Lipinski definition) is 2. The predicted molar refractivity (Wildman–Crippen MR) is 227 cm³/mol. The average molecular weight is 679 g/mol. The van der Waals surface area contributed by atoms with Gasteiger partial charge >= 0.3 is 0 Å². The van der Waals surface area contributed by atoms with Crippen LogP contribution in [0.3, 0.4) is 0 Å². The molecule has 12 aromatic rings. The van der Waals surface area contributed by atoms with Crippen molar-refractivity contribution in [1.29, 1.82) is 10.5 Å². The monoisotopic (exact) mass is 678 g/mol. The Labute approximate surface area is 309 Å². The molecule has 2 heteroatoms. The molecule has 244 valence electrons. The highest BCUT2D eigenvalue weighted by Gasteiger charge is 2.26. The molecule has 0 aromatic heterocycles. The van der Waals surface area contributed by atoms with E-state index >= 15 is 0 Å². The zero-order chi connectivity index (χ0) is 35.7. The number of nitrogens with zero attached hydrogens (tertiary/aromatic N) is 2. The fraction of sp³-hybridized carbons (Fsp3) is 0. The van der Waals surface area contributed by atoms with E-state index in [1.807, 2.05) is 24.3 Å². The molecule has 0 N–H and O–H groups in total. The SMILES string of the molecule is N#Cc1ccc(-c2c3cc4c(cc3c(-c3ccc(C#N)cc3)c3c5cc6ccccc6c6cccc(c23)c65)c2cccc3c5ccccc5cc4c32)cc1. The van der Waals surface area contributed by atoms with E-state index in [2.05, 4.69) is 146 Å². The maximum absolute atomic E-state index is 9.81. The van der Waals surface area contributed by atoms with Crippen LogP contribution in [0.5, 0.6) is 0 Å². The summed E-state index contributed by atoms with van der Waals surface area (Å²) in [6.45, 7) is 0. The molecule has 0 saturated carbocycles. The molecular formula is C52H26N2. The largest absolute Gasteiger partial charge is 0.192 e. The summed E-state index contributed by atoms with van der Waals surface area (Å²) in [6, 6.07) is 61.4. The molecular weight excluding hydrogens is 653 g/mol. The molecule has 0 fully saturated rings. The predicted octanol–water partition coefficient (Wildman–Crippen LogP) is 14.0. The summed E-state index contributed by atoms with van der Waals surface area (Å²) in [5, 5.41) is 41.8. The van der Waals surface area contributed by atoms with Crippen LogP contribution >= 0.6 is 0 Å². The van der Waals surface area contributed by atoms with E-state index in [9.17, 15) is 10.5 Å². The van der Waals surface area contributed by atoms with Crippen molar-refractivity contribution in [2.45, 2.75) is 0 Å². The molecule has 54 heavy (non-hydrogen) atoms. The first-order chi connectivity index (χ1) is 26.7. The third-order valence-corrected chi connectivity index (χ3v) is 11.9. The number of hydrogen-bond donors (Lipinski definition) is 0. The first-order valence-corrected chi connectivity index (χ1v) is 18.3. The van der Waals surface area contributed by atoms with E-state index < -0.39 is 0 Å². The second-order valence-corrected chi connectivity index (χ2v) is 14.6. The summed E-state index contributed by atoms with van der Waals surface area (Å²) in [6.07, 6.45) is 0. The van der Waals surface area contributed by atoms with Crippen molar-refractivity contribution in [2.24, 2.45) is 0 Å². The average Bonchev–Trinajstić information content (AvgIpc) is 3.72. The molecule has 0 aliphatic heterocycles. The van der Waals surface area contributed by atoms with Gasteiger partial charge in [0.15, 0.2) is 0 Å². The molecule has 12 rings (SSSR count). The van der Waals surface area contributed by atoms with Crippen molar-refractivity contribution in [1.82, 2.24) is 0 Å². The second kappa shape index (κ2) is 10.5. The van der Waals surface area contributed by atoms with Crippen molar-refractivity contribution in [3.8, 4) is 34.4 Å². The third kappa shape index (κ3) is 3.71. The van der Waals surface area contributed by atoms with Crippen molar-refractivity contribution in [3.63, 3.8) is 0 Å². The highest BCUT2D eigenvalue weighted by molar-refractivity contribution is 6.44. The molecule has 0 saturated heterocycles. The Morgan fingerprint density at radius 1 is 0.278 bits per heavy atom. The number of benzene rings is 10. The van der Waals surface area contributed by atoms with E-state index in [0.29, 0.717) is 11.1 Å².